The van der Waals surface area contributed by atoms with E-state index in [0.717, 1.165) is 18.7 Å². The molecule has 20 heavy (non-hydrogen) atoms. The maximum atomic E-state index is 12.6. The van der Waals surface area contributed by atoms with E-state index >= 15 is 0 Å². The normalized spacial score (nSPS) is 29.2. The van der Waals surface area contributed by atoms with Crippen molar-refractivity contribution in [2.45, 2.75) is 19.9 Å². The van der Waals surface area contributed by atoms with Crippen molar-refractivity contribution >= 4 is 5.91 Å². The van der Waals surface area contributed by atoms with Gasteiger partial charge in [-0.1, -0.05) is 32.0 Å². The molecule has 0 bridgehead atoms. The summed E-state index contributed by atoms with van der Waals surface area (Å²) in [5, 5.41) is 1.98. The van der Waals surface area contributed by atoms with Gasteiger partial charge in [0, 0.05) is 43.1 Å². The van der Waals surface area contributed by atoms with Gasteiger partial charge in [0.2, 0.25) is 0 Å². The zero-order valence-electron chi connectivity index (χ0n) is 12.4. The Bertz CT molecular complexity index is 500. The molecule has 1 aromatic carbocycles. The first-order valence-electron chi connectivity index (χ1n) is 7.19. The lowest BCUT2D eigenvalue weighted by molar-refractivity contribution is -0.135. The number of piperidine rings is 1. The summed E-state index contributed by atoms with van der Waals surface area (Å²) in [4.78, 5) is 20.3. The standard InChI is InChI=1S/C16H22N2O2/c1-16(2)11-18(9-13-10-20-17(3)14(13)16)15(19)12-7-5-4-6-8-12/h4-8,13-14H,9-11H2,1-3H3/t13-,14+/m0/s1. The van der Waals surface area contributed by atoms with Gasteiger partial charge in [-0.05, 0) is 12.1 Å². The molecule has 2 aliphatic heterocycles. The minimum Gasteiger partial charge on any atom is -0.338 e. The van der Waals surface area contributed by atoms with E-state index < -0.39 is 0 Å². The zero-order chi connectivity index (χ0) is 14.3. The fourth-order valence-electron chi connectivity index (χ4n) is 3.82. The summed E-state index contributed by atoms with van der Waals surface area (Å²) in [6.07, 6.45) is 0. The molecule has 0 radical (unpaired) electrons. The van der Waals surface area contributed by atoms with E-state index in [1.807, 2.05) is 47.3 Å². The molecule has 2 saturated heterocycles. The molecule has 0 N–H and O–H groups in total. The van der Waals surface area contributed by atoms with Gasteiger partial charge < -0.3 is 4.90 Å². The van der Waals surface area contributed by atoms with Gasteiger partial charge in [0.1, 0.15) is 0 Å². The van der Waals surface area contributed by atoms with E-state index in [1.165, 1.54) is 0 Å². The third kappa shape index (κ3) is 2.23. The molecule has 0 aliphatic carbocycles. The van der Waals surface area contributed by atoms with Crippen LogP contribution in [0.4, 0.5) is 0 Å². The van der Waals surface area contributed by atoms with Crippen LogP contribution in [0.15, 0.2) is 30.3 Å². The summed E-state index contributed by atoms with van der Waals surface area (Å²) in [5.41, 5.74) is 0.813. The molecule has 3 rings (SSSR count). The van der Waals surface area contributed by atoms with Crippen LogP contribution in [-0.2, 0) is 4.84 Å². The van der Waals surface area contributed by atoms with Crippen molar-refractivity contribution in [1.82, 2.24) is 9.96 Å². The van der Waals surface area contributed by atoms with Crippen molar-refractivity contribution in [3.63, 3.8) is 0 Å². The topological polar surface area (TPSA) is 32.8 Å². The summed E-state index contributed by atoms with van der Waals surface area (Å²) in [7, 11) is 2.00. The molecule has 0 unspecified atom stereocenters. The van der Waals surface area contributed by atoms with Gasteiger partial charge in [-0.3, -0.25) is 9.63 Å². The molecule has 2 heterocycles. The predicted molar refractivity (Wildman–Crippen MR) is 77.1 cm³/mol. The second-order valence-corrected chi connectivity index (χ2v) is 6.59. The number of nitrogens with zero attached hydrogens (tertiary/aromatic N) is 2. The van der Waals surface area contributed by atoms with Gasteiger partial charge >= 0.3 is 0 Å². The monoisotopic (exact) mass is 274 g/mol. The van der Waals surface area contributed by atoms with Crippen LogP contribution >= 0.6 is 0 Å². The summed E-state index contributed by atoms with van der Waals surface area (Å²) < 4.78 is 0. The summed E-state index contributed by atoms with van der Waals surface area (Å²) in [6, 6.07) is 9.93. The molecule has 4 nitrogen and oxygen atoms in total. The molecular weight excluding hydrogens is 252 g/mol. The number of rotatable bonds is 1. The first-order chi connectivity index (χ1) is 9.49. The van der Waals surface area contributed by atoms with Gasteiger partial charge in [-0.15, -0.1) is 0 Å². The highest BCUT2D eigenvalue weighted by molar-refractivity contribution is 5.94. The van der Waals surface area contributed by atoms with E-state index in [9.17, 15) is 4.79 Å². The van der Waals surface area contributed by atoms with Crippen molar-refractivity contribution in [2.75, 3.05) is 26.7 Å². The van der Waals surface area contributed by atoms with Crippen molar-refractivity contribution in [3.05, 3.63) is 35.9 Å². The van der Waals surface area contributed by atoms with Gasteiger partial charge in [-0.25, -0.2) is 0 Å². The Morgan fingerprint density at radius 3 is 2.70 bits per heavy atom. The van der Waals surface area contributed by atoms with Gasteiger partial charge in [0.25, 0.3) is 5.91 Å². The summed E-state index contributed by atoms with van der Waals surface area (Å²) in [6.45, 7) is 6.71. The highest BCUT2D eigenvalue weighted by Crippen LogP contribution is 2.40. The second kappa shape index (κ2) is 4.86. The molecule has 2 aliphatic rings. The van der Waals surface area contributed by atoms with Crippen molar-refractivity contribution in [2.24, 2.45) is 11.3 Å². The number of benzene rings is 1. The van der Waals surface area contributed by atoms with E-state index in [-0.39, 0.29) is 11.3 Å². The number of fused-ring (bicyclic) bond motifs is 1. The Balaban J connectivity index is 1.82. The summed E-state index contributed by atoms with van der Waals surface area (Å²) >= 11 is 0. The molecule has 0 saturated carbocycles. The number of hydrogen-bond donors (Lipinski definition) is 0. The van der Waals surface area contributed by atoms with Crippen LogP contribution in [0, 0.1) is 11.3 Å². The molecular formula is C16H22N2O2. The molecule has 4 heteroatoms. The number of amides is 1. The number of hydrogen-bond acceptors (Lipinski definition) is 3. The SMILES string of the molecule is CN1OC[C@@H]2CN(C(=O)c3ccccc3)CC(C)(C)[C@@H]21. The van der Waals surface area contributed by atoms with Crippen LogP contribution < -0.4 is 0 Å². The Hall–Kier alpha value is -1.39. The minimum atomic E-state index is 0.0403. The summed E-state index contributed by atoms with van der Waals surface area (Å²) in [5.74, 6) is 0.531. The highest BCUT2D eigenvalue weighted by Gasteiger charge is 2.49. The van der Waals surface area contributed by atoms with Gasteiger partial charge in [0.15, 0.2) is 0 Å². The third-order valence-corrected chi connectivity index (χ3v) is 4.49. The van der Waals surface area contributed by atoms with Crippen LogP contribution in [0.1, 0.15) is 24.2 Å². The minimum absolute atomic E-state index is 0.0403. The number of carbonyl (C=O) groups excluding carboxylic acids is 1. The Kier molecular flexibility index (Phi) is 3.30. The van der Waals surface area contributed by atoms with Crippen molar-refractivity contribution in [1.29, 1.82) is 0 Å². The first kappa shape index (κ1) is 13.6. The molecule has 2 fully saturated rings. The van der Waals surface area contributed by atoms with Gasteiger partial charge in [0.05, 0.1) is 6.61 Å². The first-order valence-corrected chi connectivity index (χ1v) is 7.19. The van der Waals surface area contributed by atoms with E-state index in [1.54, 1.807) is 0 Å². The fraction of sp³-hybridized carbons (Fsp3) is 0.562. The number of hydroxylamine groups is 2. The third-order valence-electron chi connectivity index (χ3n) is 4.49. The van der Waals surface area contributed by atoms with Gasteiger partial charge in [-0.2, -0.15) is 5.06 Å². The largest absolute Gasteiger partial charge is 0.338 e. The van der Waals surface area contributed by atoms with Crippen LogP contribution in [0.3, 0.4) is 0 Å². The van der Waals surface area contributed by atoms with Crippen molar-refractivity contribution in [3.8, 4) is 0 Å². The maximum Gasteiger partial charge on any atom is 0.253 e. The zero-order valence-corrected chi connectivity index (χ0v) is 12.4. The Labute approximate surface area is 120 Å². The van der Waals surface area contributed by atoms with E-state index in [0.29, 0.717) is 18.6 Å². The van der Waals surface area contributed by atoms with Crippen molar-refractivity contribution < 1.29 is 9.63 Å². The Morgan fingerprint density at radius 2 is 2.00 bits per heavy atom. The number of likely N-dealkylation sites (tertiary alicyclic amines) is 1. The van der Waals surface area contributed by atoms with Crippen LogP contribution in [0.5, 0.6) is 0 Å². The lowest BCUT2D eigenvalue weighted by Gasteiger charge is -2.46. The molecule has 108 valence electrons. The average Bonchev–Trinajstić information content (AvgIpc) is 2.80. The quantitative estimate of drug-likeness (QED) is 0.785. The smallest absolute Gasteiger partial charge is 0.253 e. The van der Waals surface area contributed by atoms with Crippen LogP contribution in [0.25, 0.3) is 0 Å². The van der Waals surface area contributed by atoms with Crippen LogP contribution in [0.2, 0.25) is 0 Å². The molecule has 0 spiro atoms. The van der Waals surface area contributed by atoms with Crippen LogP contribution in [-0.4, -0.2) is 48.7 Å². The fourth-order valence-corrected chi connectivity index (χ4v) is 3.82. The predicted octanol–water partition coefficient (Wildman–Crippen LogP) is 2.03. The molecule has 1 amide bonds. The highest BCUT2D eigenvalue weighted by atomic mass is 16.7. The molecule has 1 aromatic rings. The number of carbonyl (C=O) groups is 1. The maximum absolute atomic E-state index is 12.6. The van der Waals surface area contributed by atoms with E-state index in [2.05, 4.69) is 13.8 Å². The Morgan fingerprint density at radius 1 is 1.30 bits per heavy atom. The van der Waals surface area contributed by atoms with E-state index in [4.69, 9.17) is 4.84 Å². The second-order valence-electron chi connectivity index (χ2n) is 6.59. The lowest BCUT2D eigenvalue weighted by atomic mass is 9.74. The average molecular weight is 274 g/mol. The lowest BCUT2D eigenvalue weighted by Crippen LogP contribution is -2.57. The molecule has 2 atom stereocenters. The molecule has 0 aromatic heterocycles.